The van der Waals surface area contributed by atoms with E-state index in [2.05, 4.69) is 18.9 Å². The summed E-state index contributed by atoms with van der Waals surface area (Å²) in [6.45, 7) is 5.70. The monoisotopic (exact) mass is 197 g/mol. The summed E-state index contributed by atoms with van der Waals surface area (Å²) in [5, 5.41) is 13.4. The standard InChI is InChI=1S/C10H19N3O/c1-8(2)6-13-10(3-4-12-13)9(5-11)7-14/h3-4,8-9,14H,5-7,11H2,1-2H3. The third-order valence-electron chi connectivity index (χ3n) is 2.21. The van der Waals surface area contributed by atoms with Crippen LogP contribution in [0.3, 0.4) is 0 Å². The average molecular weight is 197 g/mol. The summed E-state index contributed by atoms with van der Waals surface area (Å²) in [4.78, 5) is 0. The van der Waals surface area contributed by atoms with E-state index < -0.39 is 0 Å². The van der Waals surface area contributed by atoms with E-state index >= 15 is 0 Å². The van der Waals surface area contributed by atoms with Crippen LogP contribution in [0.25, 0.3) is 0 Å². The molecular formula is C10H19N3O. The largest absolute Gasteiger partial charge is 0.396 e. The fourth-order valence-electron chi connectivity index (χ4n) is 1.48. The Labute approximate surface area is 84.7 Å². The first-order valence-corrected chi connectivity index (χ1v) is 5.01. The fraction of sp³-hybridized carbons (Fsp3) is 0.700. The van der Waals surface area contributed by atoms with E-state index in [0.29, 0.717) is 12.5 Å². The molecule has 0 spiro atoms. The van der Waals surface area contributed by atoms with Crippen molar-refractivity contribution >= 4 is 0 Å². The highest BCUT2D eigenvalue weighted by Gasteiger charge is 2.13. The molecule has 0 saturated heterocycles. The zero-order valence-corrected chi connectivity index (χ0v) is 8.85. The Kier molecular flexibility index (Phi) is 4.10. The first-order valence-electron chi connectivity index (χ1n) is 5.01. The highest BCUT2D eigenvalue weighted by Crippen LogP contribution is 2.14. The van der Waals surface area contributed by atoms with Crippen LogP contribution in [0.15, 0.2) is 12.3 Å². The van der Waals surface area contributed by atoms with Gasteiger partial charge in [0, 0.05) is 30.9 Å². The van der Waals surface area contributed by atoms with Gasteiger partial charge in [-0.15, -0.1) is 0 Å². The molecular weight excluding hydrogens is 178 g/mol. The zero-order chi connectivity index (χ0) is 10.6. The average Bonchev–Trinajstić information content (AvgIpc) is 2.55. The molecule has 1 rings (SSSR count). The third kappa shape index (κ3) is 2.56. The van der Waals surface area contributed by atoms with Gasteiger partial charge in [0.15, 0.2) is 0 Å². The summed E-state index contributed by atoms with van der Waals surface area (Å²) in [6.07, 6.45) is 1.76. The van der Waals surface area contributed by atoms with Crippen LogP contribution in [0.5, 0.6) is 0 Å². The van der Waals surface area contributed by atoms with Crippen molar-refractivity contribution in [3.05, 3.63) is 18.0 Å². The van der Waals surface area contributed by atoms with Crippen molar-refractivity contribution in [2.75, 3.05) is 13.2 Å². The highest BCUT2D eigenvalue weighted by atomic mass is 16.3. The van der Waals surface area contributed by atoms with E-state index in [0.717, 1.165) is 12.2 Å². The van der Waals surface area contributed by atoms with Crippen molar-refractivity contribution in [3.8, 4) is 0 Å². The predicted octanol–water partition coefficient (Wildman–Crippen LogP) is 0.574. The molecule has 0 saturated carbocycles. The molecule has 1 aromatic rings. The maximum Gasteiger partial charge on any atom is 0.0526 e. The van der Waals surface area contributed by atoms with E-state index in [1.54, 1.807) is 6.20 Å². The van der Waals surface area contributed by atoms with Crippen LogP contribution in [-0.2, 0) is 6.54 Å². The molecule has 4 nitrogen and oxygen atoms in total. The first-order chi connectivity index (χ1) is 6.69. The molecule has 14 heavy (non-hydrogen) atoms. The minimum Gasteiger partial charge on any atom is -0.396 e. The molecule has 0 amide bonds. The summed E-state index contributed by atoms with van der Waals surface area (Å²) in [6, 6.07) is 1.93. The zero-order valence-electron chi connectivity index (χ0n) is 8.85. The van der Waals surface area contributed by atoms with E-state index in [4.69, 9.17) is 10.8 Å². The van der Waals surface area contributed by atoms with Gasteiger partial charge in [-0.3, -0.25) is 4.68 Å². The van der Waals surface area contributed by atoms with Gasteiger partial charge in [0.2, 0.25) is 0 Å². The molecule has 80 valence electrons. The molecule has 0 radical (unpaired) electrons. The van der Waals surface area contributed by atoms with E-state index in [1.807, 2.05) is 10.7 Å². The van der Waals surface area contributed by atoms with Gasteiger partial charge < -0.3 is 10.8 Å². The molecule has 1 unspecified atom stereocenters. The summed E-state index contributed by atoms with van der Waals surface area (Å²) in [5.41, 5.74) is 6.60. The van der Waals surface area contributed by atoms with Crippen LogP contribution in [0.1, 0.15) is 25.5 Å². The Morgan fingerprint density at radius 3 is 2.79 bits per heavy atom. The van der Waals surface area contributed by atoms with Crippen molar-refractivity contribution in [1.82, 2.24) is 9.78 Å². The third-order valence-corrected chi connectivity index (χ3v) is 2.21. The van der Waals surface area contributed by atoms with Crippen LogP contribution < -0.4 is 5.73 Å². The second-order valence-electron chi connectivity index (χ2n) is 3.95. The molecule has 1 aromatic heterocycles. The molecule has 1 atom stereocenters. The fourth-order valence-corrected chi connectivity index (χ4v) is 1.48. The van der Waals surface area contributed by atoms with Crippen molar-refractivity contribution in [3.63, 3.8) is 0 Å². The quantitative estimate of drug-likeness (QED) is 0.725. The normalized spacial score (nSPS) is 13.5. The number of nitrogens with zero attached hydrogens (tertiary/aromatic N) is 2. The van der Waals surface area contributed by atoms with Crippen molar-refractivity contribution < 1.29 is 5.11 Å². The lowest BCUT2D eigenvalue weighted by molar-refractivity contribution is 0.260. The minimum atomic E-state index is 0.0104. The Bertz CT molecular complexity index is 266. The van der Waals surface area contributed by atoms with Gasteiger partial charge in [-0.2, -0.15) is 5.10 Å². The van der Waals surface area contributed by atoms with Crippen molar-refractivity contribution in [2.24, 2.45) is 11.7 Å². The topological polar surface area (TPSA) is 64.1 Å². The molecule has 0 fully saturated rings. The maximum absolute atomic E-state index is 9.14. The molecule has 0 aliphatic heterocycles. The molecule has 1 heterocycles. The molecule has 0 aromatic carbocycles. The Morgan fingerprint density at radius 2 is 2.29 bits per heavy atom. The van der Waals surface area contributed by atoms with Crippen molar-refractivity contribution in [1.29, 1.82) is 0 Å². The number of aromatic nitrogens is 2. The summed E-state index contributed by atoms with van der Waals surface area (Å²) in [5.74, 6) is 0.557. The van der Waals surface area contributed by atoms with Crippen LogP contribution in [0.2, 0.25) is 0 Å². The predicted molar refractivity (Wildman–Crippen MR) is 55.9 cm³/mol. The Balaban J connectivity index is 2.80. The van der Waals surface area contributed by atoms with Gasteiger partial charge in [-0.1, -0.05) is 13.8 Å². The van der Waals surface area contributed by atoms with Crippen molar-refractivity contribution in [2.45, 2.75) is 26.3 Å². The van der Waals surface area contributed by atoms with Gasteiger partial charge in [-0.25, -0.2) is 0 Å². The highest BCUT2D eigenvalue weighted by molar-refractivity contribution is 5.08. The second-order valence-corrected chi connectivity index (χ2v) is 3.95. The maximum atomic E-state index is 9.14. The number of rotatable bonds is 5. The summed E-state index contributed by atoms with van der Waals surface area (Å²) in [7, 11) is 0. The molecule has 0 aliphatic carbocycles. The molecule has 4 heteroatoms. The molecule has 0 bridgehead atoms. The number of hydrogen-bond donors (Lipinski definition) is 2. The SMILES string of the molecule is CC(C)Cn1nccc1C(CN)CO. The van der Waals surface area contributed by atoms with E-state index in [-0.39, 0.29) is 12.5 Å². The van der Waals surface area contributed by atoms with Gasteiger partial charge in [-0.05, 0) is 12.0 Å². The lowest BCUT2D eigenvalue weighted by Crippen LogP contribution is -2.21. The summed E-state index contributed by atoms with van der Waals surface area (Å²) >= 11 is 0. The van der Waals surface area contributed by atoms with E-state index in [9.17, 15) is 0 Å². The smallest absolute Gasteiger partial charge is 0.0526 e. The van der Waals surface area contributed by atoms with Crippen LogP contribution >= 0.6 is 0 Å². The number of aliphatic hydroxyl groups is 1. The van der Waals surface area contributed by atoms with Crippen LogP contribution in [-0.4, -0.2) is 28.0 Å². The lowest BCUT2D eigenvalue weighted by Gasteiger charge is -2.15. The number of hydrogen-bond acceptors (Lipinski definition) is 3. The lowest BCUT2D eigenvalue weighted by atomic mass is 10.1. The van der Waals surface area contributed by atoms with E-state index in [1.165, 1.54) is 0 Å². The number of aliphatic hydroxyl groups excluding tert-OH is 1. The second kappa shape index (κ2) is 5.12. The molecule has 0 aliphatic rings. The Hall–Kier alpha value is -0.870. The van der Waals surface area contributed by atoms with Crippen LogP contribution in [0, 0.1) is 5.92 Å². The van der Waals surface area contributed by atoms with Crippen LogP contribution in [0.4, 0.5) is 0 Å². The number of nitrogens with two attached hydrogens (primary N) is 1. The summed E-state index contributed by atoms with van der Waals surface area (Å²) < 4.78 is 1.93. The van der Waals surface area contributed by atoms with Gasteiger partial charge in [0.05, 0.1) is 6.61 Å². The minimum absolute atomic E-state index is 0.0104. The first kappa shape index (κ1) is 11.2. The molecule has 3 N–H and O–H groups in total. The van der Waals surface area contributed by atoms with Gasteiger partial charge in [0.25, 0.3) is 0 Å². The van der Waals surface area contributed by atoms with Gasteiger partial charge in [0.1, 0.15) is 0 Å². The Morgan fingerprint density at radius 1 is 1.57 bits per heavy atom. The van der Waals surface area contributed by atoms with Gasteiger partial charge >= 0.3 is 0 Å².